The highest BCUT2D eigenvalue weighted by Crippen LogP contribution is 2.10. The fourth-order valence-electron chi connectivity index (χ4n) is 2.45. The second-order valence-corrected chi connectivity index (χ2v) is 4.96. The van der Waals surface area contributed by atoms with Crippen molar-refractivity contribution in [3.63, 3.8) is 0 Å². The Labute approximate surface area is 104 Å². The Kier molecular flexibility index (Phi) is 5.01. The first kappa shape index (κ1) is 12.6. The molecule has 2 heterocycles. The molecule has 2 rings (SSSR count). The van der Waals surface area contributed by atoms with Crippen LogP contribution in [0.3, 0.4) is 0 Å². The molecule has 0 saturated carbocycles. The molecule has 2 N–H and O–H groups in total. The number of nitrogens with one attached hydrogen (secondary N) is 2. The molecule has 1 atom stereocenters. The van der Waals surface area contributed by atoms with E-state index in [-0.39, 0.29) is 0 Å². The summed E-state index contributed by atoms with van der Waals surface area (Å²) in [7, 11) is 0. The smallest absolute Gasteiger partial charge is 0.0922 e. The summed E-state index contributed by atoms with van der Waals surface area (Å²) in [6.07, 6.45) is 8.89. The van der Waals surface area contributed by atoms with Crippen molar-refractivity contribution in [3.05, 3.63) is 18.2 Å². The van der Waals surface area contributed by atoms with Gasteiger partial charge in [0.1, 0.15) is 0 Å². The molecule has 0 bridgehead atoms. The molecule has 1 aromatic rings. The van der Waals surface area contributed by atoms with Crippen LogP contribution >= 0.6 is 0 Å². The Hall–Kier alpha value is -0.870. The third-order valence-electron chi connectivity index (χ3n) is 3.42. The molecule has 96 valence electrons. The number of aromatic amines is 1. The summed E-state index contributed by atoms with van der Waals surface area (Å²) in [6, 6.07) is 0.690. The van der Waals surface area contributed by atoms with E-state index in [0.29, 0.717) is 6.04 Å². The fraction of sp³-hybridized carbons (Fsp3) is 0.769. The number of rotatable bonds is 7. The minimum absolute atomic E-state index is 0.690. The van der Waals surface area contributed by atoms with Crippen LogP contribution in [0.4, 0.5) is 0 Å². The van der Waals surface area contributed by atoms with Crippen LogP contribution in [0, 0.1) is 0 Å². The van der Waals surface area contributed by atoms with Crippen LogP contribution in [0.2, 0.25) is 0 Å². The van der Waals surface area contributed by atoms with Crippen LogP contribution in [0.1, 0.15) is 38.3 Å². The molecule has 0 aliphatic carbocycles. The average Bonchev–Trinajstić information content (AvgIpc) is 2.99. The van der Waals surface area contributed by atoms with Gasteiger partial charge in [-0.2, -0.15) is 0 Å². The minimum Gasteiger partial charge on any atom is -0.347 e. The Morgan fingerprint density at radius 1 is 1.53 bits per heavy atom. The Morgan fingerprint density at radius 2 is 2.47 bits per heavy atom. The third-order valence-corrected chi connectivity index (χ3v) is 3.42. The lowest BCUT2D eigenvalue weighted by Crippen LogP contribution is -2.37. The SMILES string of the molecule is CCCCN(Cc1cnc[nH]1)CC1CCCN1. The van der Waals surface area contributed by atoms with Crippen molar-refractivity contribution in [2.75, 3.05) is 19.6 Å². The van der Waals surface area contributed by atoms with Crippen LogP contribution < -0.4 is 5.32 Å². The molecule has 1 aromatic heterocycles. The number of imidazole rings is 1. The Bertz CT molecular complexity index is 290. The number of unbranched alkanes of at least 4 members (excludes halogenated alkanes) is 1. The first-order valence-electron chi connectivity index (χ1n) is 6.81. The van der Waals surface area contributed by atoms with Gasteiger partial charge in [-0.15, -0.1) is 0 Å². The summed E-state index contributed by atoms with van der Waals surface area (Å²) in [6.45, 7) is 6.80. The summed E-state index contributed by atoms with van der Waals surface area (Å²) in [5.74, 6) is 0. The summed E-state index contributed by atoms with van der Waals surface area (Å²) >= 11 is 0. The Morgan fingerprint density at radius 3 is 3.12 bits per heavy atom. The molecule has 0 aromatic carbocycles. The molecule has 0 amide bonds. The van der Waals surface area contributed by atoms with Gasteiger partial charge >= 0.3 is 0 Å². The van der Waals surface area contributed by atoms with Gasteiger partial charge in [0.2, 0.25) is 0 Å². The molecule has 1 unspecified atom stereocenters. The monoisotopic (exact) mass is 236 g/mol. The lowest BCUT2D eigenvalue weighted by molar-refractivity contribution is 0.235. The first-order valence-corrected chi connectivity index (χ1v) is 6.81. The third kappa shape index (κ3) is 4.13. The average molecular weight is 236 g/mol. The van der Waals surface area contributed by atoms with E-state index in [0.717, 1.165) is 6.54 Å². The fourth-order valence-corrected chi connectivity index (χ4v) is 2.45. The topological polar surface area (TPSA) is 44.0 Å². The lowest BCUT2D eigenvalue weighted by atomic mass is 10.2. The summed E-state index contributed by atoms with van der Waals surface area (Å²) in [4.78, 5) is 9.83. The highest BCUT2D eigenvalue weighted by molar-refractivity contribution is 4.94. The maximum Gasteiger partial charge on any atom is 0.0922 e. The van der Waals surface area contributed by atoms with Gasteiger partial charge in [-0.3, -0.25) is 4.90 Å². The highest BCUT2D eigenvalue weighted by atomic mass is 15.2. The molecular weight excluding hydrogens is 212 g/mol. The second-order valence-electron chi connectivity index (χ2n) is 4.96. The molecule has 0 spiro atoms. The molecule has 1 fully saturated rings. The van der Waals surface area contributed by atoms with Crippen molar-refractivity contribution in [2.24, 2.45) is 0 Å². The first-order chi connectivity index (χ1) is 8.38. The second kappa shape index (κ2) is 6.77. The number of hydrogen-bond acceptors (Lipinski definition) is 3. The van der Waals surface area contributed by atoms with Crippen molar-refractivity contribution in [1.82, 2.24) is 20.2 Å². The largest absolute Gasteiger partial charge is 0.347 e. The van der Waals surface area contributed by atoms with E-state index in [2.05, 4.69) is 27.1 Å². The van der Waals surface area contributed by atoms with Gasteiger partial charge < -0.3 is 10.3 Å². The molecule has 17 heavy (non-hydrogen) atoms. The number of nitrogens with zero attached hydrogens (tertiary/aromatic N) is 2. The number of hydrogen-bond donors (Lipinski definition) is 2. The van der Waals surface area contributed by atoms with Gasteiger partial charge in [-0.1, -0.05) is 13.3 Å². The van der Waals surface area contributed by atoms with Crippen molar-refractivity contribution >= 4 is 0 Å². The van der Waals surface area contributed by atoms with Crippen molar-refractivity contribution in [1.29, 1.82) is 0 Å². The van der Waals surface area contributed by atoms with E-state index in [1.165, 1.54) is 51.0 Å². The zero-order valence-electron chi connectivity index (χ0n) is 10.8. The van der Waals surface area contributed by atoms with Crippen LogP contribution in [-0.4, -0.2) is 40.5 Å². The van der Waals surface area contributed by atoms with Crippen molar-refractivity contribution in [2.45, 2.75) is 45.2 Å². The van der Waals surface area contributed by atoms with Gasteiger partial charge in [0.15, 0.2) is 0 Å². The summed E-state index contributed by atoms with van der Waals surface area (Å²) in [5.41, 5.74) is 1.22. The van der Waals surface area contributed by atoms with Gasteiger partial charge in [0.05, 0.1) is 6.33 Å². The van der Waals surface area contributed by atoms with Crippen molar-refractivity contribution in [3.8, 4) is 0 Å². The lowest BCUT2D eigenvalue weighted by Gasteiger charge is -2.24. The maximum atomic E-state index is 4.09. The normalized spacial score (nSPS) is 20.2. The van der Waals surface area contributed by atoms with Crippen LogP contribution in [0.25, 0.3) is 0 Å². The standard InChI is InChI=1S/C13H24N4/c1-2-3-7-17(9-12-5-4-6-15-12)10-13-8-14-11-16-13/h8,11-12,15H,2-7,9-10H2,1H3,(H,14,16). The van der Waals surface area contributed by atoms with Gasteiger partial charge in [0, 0.05) is 31.0 Å². The molecule has 4 heteroatoms. The van der Waals surface area contributed by atoms with E-state index < -0.39 is 0 Å². The maximum absolute atomic E-state index is 4.09. The van der Waals surface area contributed by atoms with E-state index in [9.17, 15) is 0 Å². The van der Waals surface area contributed by atoms with E-state index >= 15 is 0 Å². The van der Waals surface area contributed by atoms with E-state index in [4.69, 9.17) is 0 Å². The molecule has 1 aliphatic rings. The predicted octanol–water partition coefficient (Wildman–Crippen LogP) is 1.76. The minimum atomic E-state index is 0.690. The number of aromatic nitrogens is 2. The van der Waals surface area contributed by atoms with Crippen LogP contribution in [-0.2, 0) is 6.54 Å². The number of H-pyrrole nitrogens is 1. The quantitative estimate of drug-likeness (QED) is 0.758. The summed E-state index contributed by atoms with van der Waals surface area (Å²) < 4.78 is 0. The molecule has 1 saturated heterocycles. The molecular formula is C13H24N4. The zero-order chi connectivity index (χ0) is 11.9. The van der Waals surface area contributed by atoms with Gasteiger partial charge in [-0.05, 0) is 32.4 Å². The summed E-state index contributed by atoms with van der Waals surface area (Å²) in [5, 5.41) is 3.58. The highest BCUT2D eigenvalue weighted by Gasteiger charge is 2.17. The van der Waals surface area contributed by atoms with E-state index in [1.807, 2.05) is 6.20 Å². The molecule has 4 nitrogen and oxygen atoms in total. The Balaban J connectivity index is 1.83. The molecule has 1 aliphatic heterocycles. The van der Waals surface area contributed by atoms with Crippen molar-refractivity contribution < 1.29 is 0 Å². The van der Waals surface area contributed by atoms with Crippen LogP contribution in [0.15, 0.2) is 12.5 Å². The van der Waals surface area contributed by atoms with E-state index in [1.54, 1.807) is 6.33 Å². The molecule has 0 radical (unpaired) electrons. The van der Waals surface area contributed by atoms with Gasteiger partial charge in [-0.25, -0.2) is 4.98 Å². The van der Waals surface area contributed by atoms with Crippen LogP contribution in [0.5, 0.6) is 0 Å². The predicted molar refractivity (Wildman–Crippen MR) is 69.8 cm³/mol. The van der Waals surface area contributed by atoms with Gasteiger partial charge in [0.25, 0.3) is 0 Å². The zero-order valence-corrected chi connectivity index (χ0v) is 10.8.